The fourth-order valence-electron chi connectivity index (χ4n) is 1.09. The molecule has 1 N–H and O–H groups in total. The highest BCUT2D eigenvalue weighted by molar-refractivity contribution is 7.08. The second kappa shape index (κ2) is 5.33. The van der Waals surface area contributed by atoms with Crippen LogP contribution in [0.15, 0.2) is 10.8 Å². The van der Waals surface area contributed by atoms with Crippen LogP contribution in [0.2, 0.25) is 0 Å². The quantitative estimate of drug-likeness (QED) is 0.692. The zero-order chi connectivity index (χ0) is 8.81. The van der Waals surface area contributed by atoms with E-state index in [1.165, 1.54) is 24.0 Å². The molecule has 1 nitrogen and oxygen atoms in total. The summed E-state index contributed by atoms with van der Waals surface area (Å²) in [6.45, 7) is 6.58. The molecule has 0 fully saturated rings. The Labute approximate surface area is 78.8 Å². The lowest BCUT2D eigenvalue weighted by Gasteiger charge is -2.02. The smallest absolute Gasteiger partial charge is 0.0216 e. The van der Waals surface area contributed by atoms with E-state index in [9.17, 15) is 0 Å². The van der Waals surface area contributed by atoms with Gasteiger partial charge in [0.25, 0.3) is 0 Å². The first-order valence-corrected chi connectivity index (χ1v) is 5.51. The lowest BCUT2D eigenvalue weighted by molar-refractivity contribution is 0.641. The Morgan fingerprint density at radius 1 is 1.42 bits per heavy atom. The third-order valence-electron chi connectivity index (χ3n) is 1.98. The molecule has 1 heterocycles. The van der Waals surface area contributed by atoms with Gasteiger partial charge in [-0.3, -0.25) is 0 Å². The first kappa shape index (κ1) is 9.75. The molecule has 1 aromatic heterocycles. The second-order valence-corrected chi connectivity index (χ2v) is 3.85. The molecule has 0 spiro atoms. The predicted molar refractivity (Wildman–Crippen MR) is 55.7 cm³/mol. The molecule has 68 valence electrons. The van der Waals surface area contributed by atoms with Crippen LogP contribution in [0.25, 0.3) is 0 Å². The Bertz CT molecular complexity index is 217. The van der Waals surface area contributed by atoms with Crippen molar-refractivity contribution >= 4 is 11.3 Å². The van der Waals surface area contributed by atoms with E-state index in [1.807, 2.05) is 0 Å². The van der Waals surface area contributed by atoms with E-state index in [0.29, 0.717) is 0 Å². The van der Waals surface area contributed by atoms with Crippen molar-refractivity contribution in [3.8, 4) is 0 Å². The summed E-state index contributed by atoms with van der Waals surface area (Å²) in [5.41, 5.74) is 2.88. The molecule has 0 aliphatic rings. The van der Waals surface area contributed by atoms with Gasteiger partial charge in [0.15, 0.2) is 0 Å². The number of nitrogens with one attached hydrogen (secondary N) is 1. The average molecular weight is 183 g/mol. The minimum Gasteiger partial charge on any atom is -0.313 e. The van der Waals surface area contributed by atoms with Crippen molar-refractivity contribution in [1.29, 1.82) is 0 Å². The summed E-state index contributed by atoms with van der Waals surface area (Å²) in [4.78, 5) is 0. The van der Waals surface area contributed by atoms with Crippen molar-refractivity contribution in [3.05, 3.63) is 21.9 Å². The number of thiophene rings is 1. The van der Waals surface area contributed by atoms with Crippen molar-refractivity contribution in [3.63, 3.8) is 0 Å². The number of aryl methyl sites for hydroxylation is 1. The van der Waals surface area contributed by atoms with E-state index in [-0.39, 0.29) is 0 Å². The highest BCUT2D eigenvalue weighted by atomic mass is 32.1. The lowest BCUT2D eigenvalue weighted by atomic mass is 10.2. The van der Waals surface area contributed by atoms with Crippen molar-refractivity contribution in [2.45, 2.75) is 33.2 Å². The molecule has 0 aromatic carbocycles. The fourth-order valence-corrected chi connectivity index (χ4v) is 1.95. The SMILES string of the molecule is CCCCNCc1cscc1C. The van der Waals surface area contributed by atoms with E-state index in [0.717, 1.165) is 13.1 Å². The Hall–Kier alpha value is -0.340. The molecule has 0 atom stereocenters. The normalized spacial score (nSPS) is 10.5. The summed E-state index contributed by atoms with van der Waals surface area (Å²) in [5, 5.41) is 7.87. The van der Waals surface area contributed by atoms with Crippen LogP contribution in [0, 0.1) is 6.92 Å². The largest absolute Gasteiger partial charge is 0.313 e. The van der Waals surface area contributed by atoms with Crippen LogP contribution in [0.5, 0.6) is 0 Å². The van der Waals surface area contributed by atoms with Crippen molar-refractivity contribution < 1.29 is 0 Å². The average Bonchev–Trinajstić information content (AvgIpc) is 2.46. The van der Waals surface area contributed by atoms with E-state index in [4.69, 9.17) is 0 Å². The van der Waals surface area contributed by atoms with Crippen LogP contribution in [0.4, 0.5) is 0 Å². The van der Waals surface area contributed by atoms with Gasteiger partial charge in [-0.05, 0) is 41.8 Å². The summed E-state index contributed by atoms with van der Waals surface area (Å²) in [7, 11) is 0. The molecule has 0 bridgehead atoms. The summed E-state index contributed by atoms with van der Waals surface area (Å²) in [5.74, 6) is 0. The zero-order valence-electron chi connectivity index (χ0n) is 7.89. The van der Waals surface area contributed by atoms with Gasteiger partial charge in [0.1, 0.15) is 0 Å². The van der Waals surface area contributed by atoms with Crippen LogP contribution in [0.3, 0.4) is 0 Å². The number of unbranched alkanes of at least 4 members (excludes halogenated alkanes) is 1. The first-order valence-electron chi connectivity index (χ1n) is 4.57. The molecule has 1 aromatic rings. The monoisotopic (exact) mass is 183 g/mol. The Morgan fingerprint density at radius 2 is 2.25 bits per heavy atom. The Kier molecular flexibility index (Phi) is 4.33. The highest BCUT2D eigenvalue weighted by Gasteiger charge is 1.96. The maximum atomic E-state index is 3.44. The van der Waals surface area contributed by atoms with Crippen LogP contribution in [0.1, 0.15) is 30.9 Å². The summed E-state index contributed by atoms with van der Waals surface area (Å²) >= 11 is 1.79. The van der Waals surface area contributed by atoms with E-state index in [2.05, 4.69) is 29.9 Å². The predicted octanol–water partition coefficient (Wildman–Crippen LogP) is 2.95. The Balaban J connectivity index is 2.20. The van der Waals surface area contributed by atoms with E-state index in [1.54, 1.807) is 11.3 Å². The highest BCUT2D eigenvalue weighted by Crippen LogP contribution is 2.12. The summed E-state index contributed by atoms with van der Waals surface area (Å²) in [6, 6.07) is 0. The second-order valence-electron chi connectivity index (χ2n) is 3.11. The fraction of sp³-hybridized carbons (Fsp3) is 0.600. The minimum atomic E-state index is 1.04. The topological polar surface area (TPSA) is 12.0 Å². The van der Waals surface area contributed by atoms with Crippen LogP contribution >= 0.6 is 11.3 Å². The van der Waals surface area contributed by atoms with Gasteiger partial charge < -0.3 is 5.32 Å². The van der Waals surface area contributed by atoms with Crippen LogP contribution in [-0.4, -0.2) is 6.54 Å². The van der Waals surface area contributed by atoms with E-state index >= 15 is 0 Å². The standard InChI is InChI=1S/C10H17NS/c1-3-4-5-11-6-10-8-12-7-9(10)2/h7-8,11H,3-6H2,1-2H3. The van der Waals surface area contributed by atoms with Crippen molar-refractivity contribution in [2.24, 2.45) is 0 Å². The molecule has 0 aliphatic heterocycles. The number of hydrogen-bond donors (Lipinski definition) is 1. The molecule has 2 heteroatoms. The Morgan fingerprint density at radius 3 is 2.83 bits per heavy atom. The third-order valence-corrected chi connectivity index (χ3v) is 2.89. The maximum Gasteiger partial charge on any atom is 0.0216 e. The van der Waals surface area contributed by atoms with Gasteiger partial charge in [-0.15, -0.1) is 0 Å². The van der Waals surface area contributed by atoms with Gasteiger partial charge in [-0.1, -0.05) is 13.3 Å². The molecular weight excluding hydrogens is 166 g/mol. The van der Waals surface area contributed by atoms with Crippen LogP contribution < -0.4 is 5.32 Å². The lowest BCUT2D eigenvalue weighted by Crippen LogP contribution is -2.14. The van der Waals surface area contributed by atoms with Crippen molar-refractivity contribution in [2.75, 3.05) is 6.54 Å². The number of hydrogen-bond acceptors (Lipinski definition) is 2. The van der Waals surface area contributed by atoms with E-state index < -0.39 is 0 Å². The molecule has 0 saturated heterocycles. The number of rotatable bonds is 5. The van der Waals surface area contributed by atoms with Crippen LogP contribution in [-0.2, 0) is 6.54 Å². The molecular formula is C10H17NS. The zero-order valence-corrected chi connectivity index (χ0v) is 8.71. The van der Waals surface area contributed by atoms with Crippen molar-refractivity contribution in [1.82, 2.24) is 5.32 Å². The van der Waals surface area contributed by atoms with Gasteiger partial charge in [-0.2, -0.15) is 11.3 Å². The summed E-state index contributed by atoms with van der Waals surface area (Å²) in [6.07, 6.45) is 2.55. The minimum absolute atomic E-state index is 1.04. The first-order chi connectivity index (χ1) is 5.84. The van der Waals surface area contributed by atoms with Gasteiger partial charge in [0, 0.05) is 6.54 Å². The maximum absolute atomic E-state index is 3.44. The molecule has 0 unspecified atom stereocenters. The van der Waals surface area contributed by atoms with Gasteiger partial charge in [-0.25, -0.2) is 0 Å². The summed E-state index contributed by atoms with van der Waals surface area (Å²) < 4.78 is 0. The molecule has 0 radical (unpaired) electrons. The molecule has 0 amide bonds. The van der Waals surface area contributed by atoms with Gasteiger partial charge in [0.2, 0.25) is 0 Å². The molecule has 0 saturated carbocycles. The third kappa shape index (κ3) is 2.95. The molecule has 12 heavy (non-hydrogen) atoms. The molecule has 0 aliphatic carbocycles. The van der Waals surface area contributed by atoms with Gasteiger partial charge >= 0.3 is 0 Å². The van der Waals surface area contributed by atoms with Gasteiger partial charge in [0.05, 0.1) is 0 Å². The molecule has 1 rings (SSSR count).